The molecular weight excluding hydrogens is 252 g/mol. The van der Waals surface area contributed by atoms with Crippen LogP contribution in [0.1, 0.15) is 31.4 Å². The molecule has 0 aliphatic carbocycles. The van der Waals surface area contributed by atoms with Crippen LogP contribution in [-0.4, -0.2) is 45.3 Å². The molecule has 0 amide bonds. The number of rotatable bonds is 5. The lowest BCUT2D eigenvalue weighted by Crippen LogP contribution is -2.41. The number of likely N-dealkylation sites (tertiary alicyclic amines) is 1. The standard InChI is InChI=1S/C16H26N2O2/c1-12(17-14-7-9-18(2)10-8-14)13-5-6-15(19-3)16(11-13)20-4/h5-6,11-12,14,17H,7-10H2,1-4H3/t12-/m1/s1. The number of nitrogens with one attached hydrogen (secondary N) is 1. The molecule has 2 rings (SSSR count). The number of hydrogen-bond donors (Lipinski definition) is 1. The van der Waals surface area contributed by atoms with Gasteiger partial charge in [0.25, 0.3) is 0 Å². The predicted octanol–water partition coefficient (Wildman–Crippen LogP) is 2.45. The van der Waals surface area contributed by atoms with Crippen LogP contribution in [-0.2, 0) is 0 Å². The molecule has 1 aliphatic heterocycles. The number of hydrogen-bond acceptors (Lipinski definition) is 4. The van der Waals surface area contributed by atoms with Crippen LogP contribution < -0.4 is 14.8 Å². The average molecular weight is 278 g/mol. The average Bonchev–Trinajstić information content (AvgIpc) is 2.48. The monoisotopic (exact) mass is 278 g/mol. The first-order valence-electron chi connectivity index (χ1n) is 7.30. The van der Waals surface area contributed by atoms with E-state index in [1.807, 2.05) is 6.07 Å². The van der Waals surface area contributed by atoms with Crippen LogP contribution in [0.25, 0.3) is 0 Å². The topological polar surface area (TPSA) is 33.7 Å². The van der Waals surface area contributed by atoms with Crippen LogP contribution in [0.3, 0.4) is 0 Å². The third-order valence-corrected chi connectivity index (χ3v) is 4.11. The van der Waals surface area contributed by atoms with E-state index < -0.39 is 0 Å². The van der Waals surface area contributed by atoms with E-state index in [9.17, 15) is 0 Å². The van der Waals surface area contributed by atoms with Crippen molar-refractivity contribution in [1.29, 1.82) is 0 Å². The molecule has 0 bridgehead atoms. The van der Waals surface area contributed by atoms with E-state index in [4.69, 9.17) is 9.47 Å². The minimum absolute atomic E-state index is 0.322. The second-order valence-electron chi connectivity index (χ2n) is 5.58. The zero-order chi connectivity index (χ0) is 14.5. The van der Waals surface area contributed by atoms with Gasteiger partial charge in [-0.3, -0.25) is 0 Å². The van der Waals surface area contributed by atoms with E-state index in [-0.39, 0.29) is 0 Å². The van der Waals surface area contributed by atoms with Gasteiger partial charge >= 0.3 is 0 Å². The molecule has 0 radical (unpaired) electrons. The molecule has 0 spiro atoms. The Morgan fingerprint density at radius 1 is 1.15 bits per heavy atom. The van der Waals surface area contributed by atoms with Crippen molar-refractivity contribution in [2.24, 2.45) is 0 Å². The summed E-state index contributed by atoms with van der Waals surface area (Å²) in [5, 5.41) is 3.72. The molecule has 1 saturated heterocycles. The highest BCUT2D eigenvalue weighted by Gasteiger charge is 2.19. The van der Waals surface area contributed by atoms with Crippen LogP contribution in [0.15, 0.2) is 18.2 Å². The van der Waals surface area contributed by atoms with Crippen molar-refractivity contribution in [3.8, 4) is 11.5 Å². The summed E-state index contributed by atoms with van der Waals surface area (Å²) in [5.41, 5.74) is 1.24. The van der Waals surface area contributed by atoms with Gasteiger partial charge in [0.2, 0.25) is 0 Å². The van der Waals surface area contributed by atoms with Crippen LogP contribution in [0.4, 0.5) is 0 Å². The summed E-state index contributed by atoms with van der Waals surface area (Å²) >= 11 is 0. The van der Waals surface area contributed by atoms with E-state index in [0.29, 0.717) is 12.1 Å². The Morgan fingerprint density at radius 2 is 1.80 bits per heavy atom. The summed E-state index contributed by atoms with van der Waals surface area (Å²) in [6.45, 7) is 4.56. The molecule has 4 heteroatoms. The quantitative estimate of drug-likeness (QED) is 0.897. The summed E-state index contributed by atoms with van der Waals surface area (Å²) in [4.78, 5) is 2.39. The highest BCUT2D eigenvalue weighted by molar-refractivity contribution is 5.43. The van der Waals surface area contributed by atoms with Crippen LogP contribution in [0, 0.1) is 0 Å². The molecule has 0 saturated carbocycles. The number of ether oxygens (including phenoxy) is 2. The first-order chi connectivity index (χ1) is 9.63. The van der Waals surface area contributed by atoms with Gasteiger partial charge in [-0.15, -0.1) is 0 Å². The molecular formula is C16H26N2O2. The van der Waals surface area contributed by atoms with Crippen LogP contribution >= 0.6 is 0 Å². The Kier molecular flexibility index (Phi) is 5.26. The second kappa shape index (κ2) is 6.95. The molecule has 20 heavy (non-hydrogen) atoms. The molecule has 1 aromatic carbocycles. The van der Waals surface area contributed by atoms with Crippen LogP contribution in [0.2, 0.25) is 0 Å². The molecule has 112 valence electrons. The molecule has 1 fully saturated rings. The van der Waals surface area contributed by atoms with Crippen molar-refractivity contribution in [3.63, 3.8) is 0 Å². The van der Waals surface area contributed by atoms with Crippen molar-refractivity contribution >= 4 is 0 Å². The lowest BCUT2D eigenvalue weighted by Gasteiger charge is -2.31. The minimum Gasteiger partial charge on any atom is -0.493 e. The summed E-state index contributed by atoms with van der Waals surface area (Å²) < 4.78 is 10.7. The largest absolute Gasteiger partial charge is 0.493 e. The van der Waals surface area contributed by atoms with Gasteiger partial charge in [0, 0.05) is 12.1 Å². The van der Waals surface area contributed by atoms with Crippen molar-refractivity contribution in [3.05, 3.63) is 23.8 Å². The summed E-state index contributed by atoms with van der Waals surface area (Å²) in [7, 11) is 5.53. The normalized spacial score (nSPS) is 18.8. The van der Waals surface area contributed by atoms with Crippen molar-refractivity contribution in [1.82, 2.24) is 10.2 Å². The van der Waals surface area contributed by atoms with Gasteiger partial charge in [0.05, 0.1) is 14.2 Å². The molecule has 0 aromatic heterocycles. The molecule has 1 aromatic rings. The van der Waals surface area contributed by atoms with Crippen molar-refractivity contribution in [2.45, 2.75) is 31.8 Å². The van der Waals surface area contributed by atoms with E-state index >= 15 is 0 Å². The molecule has 0 unspecified atom stereocenters. The third-order valence-electron chi connectivity index (χ3n) is 4.11. The van der Waals surface area contributed by atoms with Gasteiger partial charge in [-0.05, 0) is 57.6 Å². The summed E-state index contributed by atoms with van der Waals surface area (Å²) in [5.74, 6) is 1.57. The molecule has 1 heterocycles. The number of methoxy groups -OCH3 is 2. The van der Waals surface area contributed by atoms with Crippen LogP contribution in [0.5, 0.6) is 11.5 Å². The maximum Gasteiger partial charge on any atom is 0.161 e. The zero-order valence-corrected chi connectivity index (χ0v) is 13.0. The molecule has 1 N–H and O–H groups in total. The highest BCUT2D eigenvalue weighted by Crippen LogP contribution is 2.30. The summed E-state index contributed by atoms with van der Waals surface area (Å²) in [6, 6.07) is 7.07. The molecule has 1 aliphatic rings. The highest BCUT2D eigenvalue weighted by atomic mass is 16.5. The summed E-state index contributed by atoms with van der Waals surface area (Å²) in [6.07, 6.45) is 2.43. The molecule has 1 atom stereocenters. The Balaban J connectivity index is 2.00. The first kappa shape index (κ1) is 15.1. The fourth-order valence-electron chi connectivity index (χ4n) is 2.75. The third kappa shape index (κ3) is 3.64. The van der Waals surface area contributed by atoms with Gasteiger partial charge in [0.1, 0.15) is 0 Å². The van der Waals surface area contributed by atoms with Gasteiger partial charge < -0.3 is 19.7 Å². The van der Waals surface area contributed by atoms with E-state index in [2.05, 4.69) is 36.3 Å². The predicted molar refractivity (Wildman–Crippen MR) is 81.6 cm³/mol. The van der Waals surface area contributed by atoms with Gasteiger partial charge in [-0.25, -0.2) is 0 Å². The van der Waals surface area contributed by atoms with E-state index in [1.54, 1.807) is 14.2 Å². The lowest BCUT2D eigenvalue weighted by molar-refractivity contribution is 0.226. The Hall–Kier alpha value is -1.26. The van der Waals surface area contributed by atoms with Crippen molar-refractivity contribution < 1.29 is 9.47 Å². The maximum absolute atomic E-state index is 5.37. The minimum atomic E-state index is 0.322. The van der Waals surface area contributed by atoms with Gasteiger partial charge in [-0.2, -0.15) is 0 Å². The second-order valence-corrected chi connectivity index (χ2v) is 5.58. The Morgan fingerprint density at radius 3 is 2.40 bits per heavy atom. The number of piperidine rings is 1. The van der Waals surface area contributed by atoms with Crippen molar-refractivity contribution in [2.75, 3.05) is 34.4 Å². The fraction of sp³-hybridized carbons (Fsp3) is 0.625. The number of benzene rings is 1. The van der Waals surface area contributed by atoms with E-state index in [0.717, 1.165) is 11.5 Å². The SMILES string of the molecule is COc1ccc([C@@H](C)NC2CCN(C)CC2)cc1OC. The lowest BCUT2D eigenvalue weighted by atomic mass is 10.0. The maximum atomic E-state index is 5.37. The van der Waals surface area contributed by atoms with Gasteiger partial charge in [-0.1, -0.05) is 6.07 Å². The van der Waals surface area contributed by atoms with Gasteiger partial charge in [0.15, 0.2) is 11.5 Å². The Bertz CT molecular complexity index is 428. The van der Waals surface area contributed by atoms with E-state index in [1.165, 1.54) is 31.5 Å². The first-order valence-corrected chi connectivity index (χ1v) is 7.30. The Labute approximate surface area is 122 Å². The number of nitrogens with zero attached hydrogens (tertiary/aromatic N) is 1. The zero-order valence-electron chi connectivity index (χ0n) is 13.0. The fourth-order valence-corrected chi connectivity index (χ4v) is 2.75. The molecule has 4 nitrogen and oxygen atoms in total. The smallest absolute Gasteiger partial charge is 0.161 e.